The Morgan fingerprint density at radius 2 is 1.85 bits per heavy atom. The van der Waals surface area contributed by atoms with Crippen LogP contribution in [-0.2, 0) is 16.6 Å². The number of nitrogens with zero attached hydrogens (tertiary/aromatic N) is 1. The van der Waals surface area contributed by atoms with Gasteiger partial charge in [0.25, 0.3) is 0 Å². The summed E-state index contributed by atoms with van der Waals surface area (Å²) in [5.74, 6) is -0.0859. The lowest BCUT2D eigenvalue weighted by Gasteiger charge is -2.18. The van der Waals surface area contributed by atoms with Gasteiger partial charge in [0, 0.05) is 18.6 Å². The average molecular weight is 312 g/mol. The molecule has 0 aromatic heterocycles. The minimum Gasteiger partial charge on any atom is -0.508 e. The number of phenols is 1. The first-order valence-electron chi connectivity index (χ1n) is 5.90. The van der Waals surface area contributed by atoms with Crippen molar-refractivity contribution in [2.45, 2.75) is 11.4 Å². The molecule has 2 aromatic carbocycles. The number of halogens is 1. The molecule has 2 rings (SSSR count). The summed E-state index contributed by atoms with van der Waals surface area (Å²) in [6, 6.07) is 12.7. The Balaban J connectivity index is 2.29. The van der Waals surface area contributed by atoms with Crippen LogP contribution >= 0.6 is 11.6 Å². The van der Waals surface area contributed by atoms with Gasteiger partial charge in [0.15, 0.2) is 0 Å². The third-order valence-corrected chi connectivity index (χ3v) is 5.04. The first kappa shape index (κ1) is 14.8. The third-order valence-electron chi connectivity index (χ3n) is 2.88. The zero-order valence-electron chi connectivity index (χ0n) is 10.8. The molecule has 0 aliphatic heterocycles. The van der Waals surface area contributed by atoms with Crippen molar-refractivity contribution in [2.24, 2.45) is 0 Å². The quantitative estimate of drug-likeness (QED) is 0.944. The summed E-state index contributed by atoms with van der Waals surface area (Å²) in [5.41, 5.74) is 0.723. The highest BCUT2D eigenvalue weighted by Gasteiger charge is 2.21. The molecule has 0 bridgehead atoms. The fraction of sp³-hybridized carbons (Fsp3) is 0.143. The zero-order valence-corrected chi connectivity index (χ0v) is 12.4. The molecule has 0 amide bonds. The Hall–Kier alpha value is -1.56. The standard InChI is InChI=1S/C14H14ClNO3S/c1-16(10-11-5-2-3-8-14(11)15)20(18,19)13-7-4-6-12(17)9-13/h2-9,17H,10H2,1H3. The van der Waals surface area contributed by atoms with Crippen LogP contribution in [0.15, 0.2) is 53.4 Å². The van der Waals surface area contributed by atoms with Crippen LogP contribution in [0.5, 0.6) is 5.75 Å². The van der Waals surface area contributed by atoms with Crippen molar-refractivity contribution in [3.63, 3.8) is 0 Å². The monoisotopic (exact) mass is 311 g/mol. The maximum Gasteiger partial charge on any atom is 0.243 e. The Morgan fingerprint density at radius 1 is 1.15 bits per heavy atom. The van der Waals surface area contributed by atoms with Gasteiger partial charge in [0.1, 0.15) is 5.75 Å². The highest BCUT2D eigenvalue weighted by molar-refractivity contribution is 7.89. The molecule has 0 aliphatic rings. The summed E-state index contributed by atoms with van der Waals surface area (Å²) in [4.78, 5) is 0.0482. The Labute approximate surface area is 123 Å². The van der Waals surface area contributed by atoms with E-state index >= 15 is 0 Å². The lowest BCUT2D eigenvalue weighted by atomic mass is 10.2. The second-order valence-corrected chi connectivity index (χ2v) is 6.80. The molecule has 0 spiro atoms. The molecule has 0 radical (unpaired) electrons. The molecular weight excluding hydrogens is 298 g/mol. The number of rotatable bonds is 4. The van der Waals surface area contributed by atoms with Crippen LogP contribution in [-0.4, -0.2) is 24.9 Å². The normalized spacial score (nSPS) is 11.8. The lowest BCUT2D eigenvalue weighted by Crippen LogP contribution is -2.26. The molecule has 0 fully saturated rings. The van der Waals surface area contributed by atoms with Gasteiger partial charge in [-0.3, -0.25) is 0 Å². The van der Waals surface area contributed by atoms with Gasteiger partial charge in [0.05, 0.1) is 4.90 Å². The van der Waals surface area contributed by atoms with E-state index in [1.807, 2.05) is 0 Å². The molecule has 0 saturated carbocycles. The van der Waals surface area contributed by atoms with Gasteiger partial charge in [-0.1, -0.05) is 35.9 Å². The highest BCUT2D eigenvalue weighted by Crippen LogP contribution is 2.22. The van der Waals surface area contributed by atoms with Crippen molar-refractivity contribution in [1.29, 1.82) is 0 Å². The van der Waals surface area contributed by atoms with Gasteiger partial charge < -0.3 is 5.11 Å². The number of hydrogen-bond acceptors (Lipinski definition) is 3. The van der Waals surface area contributed by atoms with Crippen LogP contribution in [0.4, 0.5) is 0 Å². The number of benzene rings is 2. The molecule has 0 saturated heterocycles. The van der Waals surface area contributed by atoms with Gasteiger partial charge in [-0.15, -0.1) is 0 Å². The summed E-state index contributed by atoms with van der Waals surface area (Å²) in [7, 11) is -2.19. The Morgan fingerprint density at radius 3 is 2.50 bits per heavy atom. The largest absolute Gasteiger partial charge is 0.508 e. The summed E-state index contributed by atoms with van der Waals surface area (Å²) in [6.45, 7) is 0.164. The molecule has 2 aromatic rings. The minimum atomic E-state index is -3.66. The van der Waals surface area contributed by atoms with Crippen molar-refractivity contribution in [1.82, 2.24) is 4.31 Å². The van der Waals surface area contributed by atoms with Crippen LogP contribution in [0.2, 0.25) is 5.02 Å². The predicted molar refractivity (Wildman–Crippen MR) is 78.2 cm³/mol. The third kappa shape index (κ3) is 3.12. The molecular formula is C14H14ClNO3S. The van der Waals surface area contributed by atoms with E-state index in [4.69, 9.17) is 11.6 Å². The van der Waals surface area contributed by atoms with E-state index in [0.717, 1.165) is 5.56 Å². The summed E-state index contributed by atoms with van der Waals surface area (Å²) < 4.78 is 25.9. The van der Waals surface area contributed by atoms with Crippen molar-refractivity contribution in [3.05, 3.63) is 59.1 Å². The van der Waals surface area contributed by atoms with Crippen LogP contribution in [0.25, 0.3) is 0 Å². The number of hydrogen-bond donors (Lipinski definition) is 1. The van der Waals surface area contributed by atoms with Crippen molar-refractivity contribution in [3.8, 4) is 5.75 Å². The molecule has 0 heterocycles. The topological polar surface area (TPSA) is 57.6 Å². The minimum absolute atomic E-state index is 0.0482. The summed E-state index contributed by atoms with van der Waals surface area (Å²) >= 11 is 6.03. The predicted octanol–water partition coefficient (Wildman–Crippen LogP) is 2.87. The van der Waals surface area contributed by atoms with Gasteiger partial charge in [-0.05, 0) is 29.8 Å². The molecule has 0 aliphatic carbocycles. The Bertz CT molecular complexity index is 716. The van der Waals surface area contributed by atoms with Crippen LogP contribution < -0.4 is 0 Å². The number of sulfonamides is 1. The second-order valence-electron chi connectivity index (χ2n) is 4.35. The first-order valence-corrected chi connectivity index (χ1v) is 7.72. The molecule has 20 heavy (non-hydrogen) atoms. The van der Waals surface area contributed by atoms with E-state index in [1.54, 1.807) is 24.3 Å². The maximum atomic E-state index is 12.4. The van der Waals surface area contributed by atoms with Crippen molar-refractivity contribution in [2.75, 3.05) is 7.05 Å². The zero-order chi connectivity index (χ0) is 14.8. The van der Waals surface area contributed by atoms with Gasteiger partial charge in [-0.25, -0.2) is 8.42 Å². The smallest absolute Gasteiger partial charge is 0.243 e. The number of phenolic OH excluding ortho intramolecular Hbond substituents is 1. The van der Waals surface area contributed by atoms with Crippen LogP contribution in [0.1, 0.15) is 5.56 Å². The second kappa shape index (κ2) is 5.83. The van der Waals surface area contributed by atoms with E-state index in [1.165, 1.54) is 35.6 Å². The summed E-state index contributed by atoms with van der Waals surface area (Å²) in [5, 5.41) is 9.91. The molecule has 4 nitrogen and oxygen atoms in total. The molecule has 106 valence electrons. The van der Waals surface area contributed by atoms with Gasteiger partial charge in [-0.2, -0.15) is 4.31 Å². The summed E-state index contributed by atoms with van der Waals surface area (Å²) in [6.07, 6.45) is 0. The molecule has 1 N–H and O–H groups in total. The van der Waals surface area contributed by atoms with E-state index in [-0.39, 0.29) is 17.2 Å². The van der Waals surface area contributed by atoms with Gasteiger partial charge >= 0.3 is 0 Å². The molecule has 6 heteroatoms. The van der Waals surface area contributed by atoms with Crippen molar-refractivity contribution >= 4 is 21.6 Å². The van der Waals surface area contributed by atoms with Crippen LogP contribution in [0, 0.1) is 0 Å². The molecule has 0 unspecified atom stereocenters. The fourth-order valence-corrected chi connectivity index (χ4v) is 3.16. The van der Waals surface area contributed by atoms with Crippen molar-refractivity contribution < 1.29 is 13.5 Å². The van der Waals surface area contributed by atoms with E-state index in [2.05, 4.69) is 0 Å². The first-order chi connectivity index (χ1) is 9.41. The van der Waals surface area contributed by atoms with Gasteiger partial charge in [0.2, 0.25) is 10.0 Å². The fourth-order valence-electron chi connectivity index (χ4n) is 1.78. The molecule has 0 atom stereocenters. The lowest BCUT2D eigenvalue weighted by molar-refractivity contribution is 0.460. The maximum absolute atomic E-state index is 12.4. The van der Waals surface area contributed by atoms with E-state index in [0.29, 0.717) is 5.02 Å². The Kier molecular flexibility index (Phi) is 4.32. The average Bonchev–Trinajstić information content (AvgIpc) is 2.41. The van der Waals surface area contributed by atoms with Crippen LogP contribution in [0.3, 0.4) is 0 Å². The highest BCUT2D eigenvalue weighted by atomic mass is 35.5. The number of aromatic hydroxyl groups is 1. The van der Waals surface area contributed by atoms with E-state index in [9.17, 15) is 13.5 Å². The SMILES string of the molecule is CN(Cc1ccccc1Cl)S(=O)(=O)c1cccc(O)c1. The van der Waals surface area contributed by atoms with E-state index < -0.39 is 10.0 Å².